The monoisotopic (exact) mass is 497 g/mol. The Labute approximate surface area is 142 Å². The van der Waals surface area contributed by atoms with Crippen LogP contribution in [0.2, 0.25) is 0 Å². The van der Waals surface area contributed by atoms with Gasteiger partial charge in [0.05, 0.1) is 0 Å². The Hall–Kier alpha value is -0.600. The Bertz CT molecular complexity index is 439. The summed E-state index contributed by atoms with van der Waals surface area (Å²) in [6.07, 6.45) is 1.91. The van der Waals surface area contributed by atoms with Gasteiger partial charge in [0.2, 0.25) is 0 Å². The van der Waals surface area contributed by atoms with Crippen molar-refractivity contribution >= 4 is 42.0 Å². The van der Waals surface area contributed by atoms with Crippen LogP contribution in [0.5, 0.6) is 0 Å². The summed E-state index contributed by atoms with van der Waals surface area (Å²) in [6, 6.07) is 6.97. The van der Waals surface area contributed by atoms with Gasteiger partial charge in [0.15, 0.2) is 0 Å². The van der Waals surface area contributed by atoms with Gasteiger partial charge in [0, 0.05) is 5.69 Å². The molecular weight excluding hydrogens is 483 g/mol. The van der Waals surface area contributed by atoms with Crippen molar-refractivity contribution in [3.63, 3.8) is 0 Å². The van der Waals surface area contributed by atoms with Gasteiger partial charge < -0.3 is 27.7 Å². The molecule has 5 nitrogen and oxygen atoms in total. The Balaban J connectivity index is 0.00000361. The van der Waals surface area contributed by atoms with E-state index in [0.717, 1.165) is 5.56 Å². The molecule has 8 heteroatoms. The number of nitrogens with zero attached hydrogens (tertiary/aromatic N) is 1. The predicted octanol–water partition coefficient (Wildman–Crippen LogP) is 1.57. The maximum atomic E-state index is 10.7. The Morgan fingerprint density at radius 3 is 2.00 bits per heavy atom. The standard InChI is InChI=1S/C12H15NO4S2.Au/c1-19-12(18)8-2-4-9(5-3-8)13(6-10(14)15)7-11(16)17;/h2-5,12,18H,6-7H2,1H3,(H,14,15)(H,16,17);/q;+1/p-1. The van der Waals surface area contributed by atoms with E-state index in [-0.39, 0.29) is 40.1 Å². The van der Waals surface area contributed by atoms with Crippen LogP contribution < -0.4 is 4.90 Å². The van der Waals surface area contributed by atoms with Crippen LogP contribution >= 0.6 is 11.8 Å². The fourth-order valence-corrected chi connectivity index (χ4v) is 2.13. The third-order valence-corrected chi connectivity index (χ3v) is 3.95. The largest absolute Gasteiger partial charge is 1.00 e. The maximum Gasteiger partial charge on any atom is 1.00 e. The number of carboxylic acid groups (broad SMARTS) is 2. The maximum absolute atomic E-state index is 10.7. The zero-order chi connectivity index (χ0) is 14.4. The number of rotatable bonds is 7. The zero-order valence-electron chi connectivity index (χ0n) is 10.6. The van der Waals surface area contributed by atoms with Crippen LogP contribution in [0.3, 0.4) is 0 Å². The summed E-state index contributed by atoms with van der Waals surface area (Å²) in [7, 11) is 0. The van der Waals surface area contributed by atoms with Gasteiger partial charge >= 0.3 is 34.3 Å². The van der Waals surface area contributed by atoms with Gasteiger partial charge in [-0.1, -0.05) is 22.3 Å². The first kappa shape index (κ1) is 19.4. The molecule has 2 N–H and O–H groups in total. The van der Waals surface area contributed by atoms with E-state index in [1.54, 1.807) is 24.3 Å². The number of hydrogen-bond acceptors (Lipinski definition) is 5. The van der Waals surface area contributed by atoms with Crippen LogP contribution in [0.1, 0.15) is 10.1 Å². The fourth-order valence-electron chi connectivity index (χ4n) is 1.54. The summed E-state index contributed by atoms with van der Waals surface area (Å²) in [6.45, 7) is -0.711. The van der Waals surface area contributed by atoms with Crippen molar-refractivity contribution in [2.24, 2.45) is 0 Å². The van der Waals surface area contributed by atoms with E-state index in [1.165, 1.54) is 16.7 Å². The third kappa shape index (κ3) is 6.23. The minimum atomic E-state index is -1.07. The van der Waals surface area contributed by atoms with Gasteiger partial charge in [-0.05, 0) is 18.4 Å². The summed E-state index contributed by atoms with van der Waals surface area (Å²) in [5, 5.41) is 17.6. The molecule has 0 aromatic heterocycles. The van der Waals surface area contributed by atoms with E-state index >= 15 is 0 Å². The number of anilines is 1. The van der Waals surface area contributed by atoms with E-state index in [9.17, 15) is 9.59 Å². The van der Waals surface area contributed by atoms with E-state index < -0.39 is 11.9 Å². The molecule has 0 spiro atoms. The van der Waals surface area contributed by atoms with Gasteiger partial charge in [-0.2, -0.15) is 11.8 Å². The molecule has 0 aliphatic carbocycles. The number of hydrogen-bond donors (Lipinski definition) is 2. The van der Waals surface area contributed by atoms with Gasteiger partial charge in [-0.3, -0.25) is 9.59 Å². The van der Waals surface area contributed by atoms with E-state index in [0.29, 0.717) is 5.69 Å². The van der Waals surface area contributed by atoms with Crippen LogP contribution in [0.25, 0.3) is 0 Å². The predicted molar refractivity (Wildman–Crippen MR) is 77.5 cm³/mol. The number of carbonyl (C=O) groups is 2. The minimum absolute atomic E-state index is 0. The summed E-state index contributed by atoms with van der Waals surface area (Å²) in [5.74, 6) is -2.15. The first-order valence-corrected chi connectivity index (χ1v) is 7.17. The Morgan fingerprint density at radius 2 is 1.65 bits per heavy atom. The van der Waals surface area contributed by atoms with Crippen molar-refractivity contribution in [1.82, 2.24) is 0 Å². The van der Waals surface area contributed by atoms with Crippen molar-refractivity contribution in [3.8, 4) is 0 Å². The second kappa shape index (κ2) is 9.36. The van der Waals surface area contributed by atoms with E-state index in [1.807, 2.05) is 6.26 Å². The second-order valence-corrected chi connectivity index (χ2v) is 5.52. The Morgan fingerprint density at radius 1 is 1.20 bits per heavy atom. The van der Waals surface area contributed by atoms with Crippen LogP contribution in [-0.2, 0) is 44.6 Å². The Kier molecular flexibility index (Phi) is 9.08. The molecule has 0 saturated carbocycles. The molecule has 0 radical (unpaired) electrons. The van der Waals surface area contributed by atoms with E-state index in [4.69, 9.17) is 22.8 Å². The van der Waals surface area contributed by atoms with E-state index in [2.05, 4.69) is 0 Å². The van der Waals surface area contributed by atoms with Crippen LogP contribution in [-0.4, -0.2) is 41.5 Å². The second-order valence-electron chi connectivity index (χ2n) is 3.80. The average molecular weight is 497 g/mol. The molecule has 0 amide bonds. The summed E-state index contributed by atoms with van der Waals surface area (Å²) >= 11 is 6.74. The van der Waals surface area contributed by atoms with Crippen LogP contribution in [0.4, 0.5) is 5.69 Å². The molecule has 0 heterocycles. The molecule has 1 unspecified atom stereocenters. The minimum Gasteiger partial charge on any atom is -0.774 e. The quantitative estimate of drug-likeness (QED) is 0.438. The molecule has 0 saturated heterocycles. The molecule has 1 aromatic carbocycles. The third-order valence-electron chi connectivity index (χ3n) is 2.40. The molecule has 1 rings (SSSR count). The smallest absolute Gasteiger partial charge is 0.774 e. The summed E-state index contributed by atoms with van der Waals surface area (Å²) < 4.78 is -0.0681. The van der Waals surface area contributed by atoms with Crippen molar-refractivity contribution in [1.29, 1.82) is 0 Å². The van der Waals surface area contributed by atoms with Crippen molar-refractivity contribution in [3.05, 3.63) is 29.8 Å². The van der Waals surface area contributed by atoms with Crippen molar-refractivity contribution in [2.45, 2.75) is 4.58 Å². The molecule has 1 aromatic rings. The molecule has 114 valence electrons. The van der Waals surface area contributed by atoms with Gasteiger partial charge in [0.25, 0.3) is 0 Å². The fraction of sp³-hybridized carbons (Fsp3) is 0.333. The molecule has 0 aliphatic heterocycles. The molecule has 20 heavy (non-hydrogen) atoms. The normalized spacial score (nSPS) is 11.3. The average Bonchev–Trinajstić information content (AvgIpc) is 2.36. The van der Waals surface area contributed by atoms with Gasteiger partial charge in [-0.25, -0.2) is 0 Å². The molecule has 0 fully saturated rings. The van der Waals surface area contributed by atoms with Crippen LogP contribution in [0.15, 0.2) is 24.3 Å². The topological polar surface area (TPSA) is 77.8 Å². The molecule has 0 bridgehead atoms. The van der Waals surface area contributed by atoms with Gasteiger partial charge in [0.1, 0.15) is 13.1 Å². The molecular formula is C12H14AuNO4S2. The SMILES string of the molecule is CSC([S-])c1ccc(N(CC(=O)O)CC(=O)O)cc1.[Au+]. The van der Waals surface area contributed by atoms with Crippen molar-refractivity contribution in [2.75, 3.05) is 24.2 Å². The first-order valence-electron chi connectivity index (χ1n) is 5.41. The molecule has 1 atom stereocenters. The van der Waals surface area contributed by atoms with Gasteiger partial charge in [-0.15, -0.1) is 0 Å². The number of benzene rings is 1. The number of carboxylic acids is 2. The zero-order valence-corrected chi connectivity index (χ0v) is 14.4. The number of aliphatic carboxylic acids is 2. The molecule has 0 aliphatic rings. The summed E-state index contributed by atoms with van der Waals surface area (Å²) in [5.41, 5.74) is 1.49. The first-order chi connectivity index (χ1) is 8.93. The number of thioether (sulfide) groups is 1. The van der Waals surface area contributed by atoms with Crippen LogP contribution in [0, 0.1) is 0 Å². The van der Waals surface area contributed by atoms with Crippen molar-refractivity contribution < 1.29 is 42.2 Å². The summed E-state index contributed by atoms with van der Waals surface area (Å²) in [4.78, 5) is 22.7.